The summed E-state index contributed by atoms with van der Waals surface area (Å²) in [4.78, 5) is 10.9. The normalized spacial score (nSPS) is 15.5. The number of carbonyl (C=O) groups is 1. The van der Waals surface area contributed by atoms with E-state index in [2.05, 4.69) is 15.9 Å². The van der Waals surface area contributed by atoms with E-state index >= 15 is 0 Å². The third-order valence-corrected chi connectivity index (χ3v) is 3.41. The van der Waals surface area contributed by atoms with Crippen LogP contribution in [-0.4, -0.2) is 29.4 Å². The predicted molar refractivity (Wildman–Crippen MR) is 62.5 cm³/mol. The van der Waals surface area contributed by atoms with E-state index in [-0.39, 0.29) is 5.56 Å². The van der Waals surface area contributed by atoms with Gasteiger partial charge in [0.25, 0.3) is 0 Å². The predicted octanol–water partition coefficient (Wildman–Crippen LogP) is 1.65. The second-order valence-electron chi connectivity index (χ2n) is 3.66. The Morgan fingerprint density at radius 1 is 1.47 bits per heavy atom. The molecule has 1 aromatic carbocycles. The van der Waals surface area contributed by atoms with E-state index in [9.17, 15) is 9.90 Å². The molecule has 17 heavy (non-hydrogen) atoms. The Morgan fingerprint density at radius 2 is 2.12 bits per heavy atom. The van der Waals surface area contributed by atoms with E-state index in [0.29, 0.717) is 34.7 Å². The molecule has 0 aromatic heterocycles. The molecular formula is C11H11BrO5. The van der Waals surface area contributed by atoms with Crippen molar-refractivity contribution in [1.82, 2.24) is 0 Å². The van der Waals surface area contributed by atoms with Crippen LogP contribution in [-0.2, 0) is 4.79 Å². The molecule has 6 heteroatoms. The Bertz CT molecular complexity index is 471. The van der Waals surface area contributed by atoms with Crippen molar-refractivity contribution in [2.75, 3.05) is 13.2 Å². The maximum absolute atomic E-state index is 10.9. The molecule has 2 rings (SSSR count). The van der Waals surface area contributed by atoms with Crippen molar-refractivity contribution >= 4 is 21.9 Å². The van der Waals surface area contributed by atoms with Gasteiger partial charge in [0, 0.05) is 10.0 Å². The third kappa shape index (κ3) is 2.10. The molecule has 1 aliphatic rings. The number of aliphatic hydroxyl groups is 1. The Balaban J connectivity index is 2.62. The number of carboxylic acid groups (broad SMARTS) is 1. The van der Waals surface area contributed by atoms with E-state index in [4.69, 9.17) is 14.6 Å². The summed E-state index contributed by atoms with van der Waals surface area (Å²) in [6.45, 7) is 2.46. The lowest BCUT2D eigenvalue weighted by atomic mass is 10.0. The Hall–Kier alpha value is -1.27. The molecule has 0 spiro atoms. The van der Waals surface area contributed by atoms with Gasteiger partial charge in [0.15, 0.2) is 17.6 Å². The van der Waals surface area contributed by atoms with Crippen LogP contribution in [0, 0.1) is 6.92 Å². The van der Waals surface area contributed by atoms with Crippen molar-refractivity contribution in [1.29, 1.82) is 0 Å². The Labute approximate surface area is 106 Å². The van der Waals surface area contributed by atoms with E-state index in [1.807, 2.05) is 0 Å². The fourth-order valence-electron chi connectivity index (χ4n) is 1.72. The molecule has 0 saturated heterocycles. The molecular weight excluding hydrogens is 292 g/mol. The molecule has 0 amide bonds. The summed E-state index contributed by atoms with van der Waals surface area (Å²) in [5, 5.41) is 18.6. The van der Waals surface area contributed by atoms with E-state index < -0.39 is 12.1 Å². The van der Waals surface area contributed by atoms with Crippen LogP contribution in [0.25, 0.3) is 0 Å². The lowest BCUT2D eigenvalue weighted by Gasteiger charge is -2.24. The van der Waals surface area contributed by atoms with Crippen molar-refractivity contribution < 1.29 is 24.5 Å². The molecule has 1 unspecified atom stereocenters. The molecule has 1 aliphatic heterocycles. The molecule has 0 bridgehead atoms. The second-order valence-corrected chi connectivity index (χ2v) is 4.52. The zero-order chi connectivity index (χ0) is 12.6. The van der Waals surface area contributed by atoms with Gasteiger partial charge in [-0.25, -0.2) is 4.79 Å². The number of ether oxygens (including phenoxy) is 2. The number of fused-ring (bicyclic) bond motifs is 1. The number of halogens is 1. The van der Waals surface area contributed by atoms with Gasteiger partial charge in [-0.05, 0) is 18.6 Å². The van der Waals surface area contributed by atoms with Crippen LogP contribution < -0.4 is 9.47 Å². The molecule has 0 aliphatic carbocycles. The van der Waals surface area contributed by atoms with E-state index in [1.54, 1.807) is 13.0 Å². The second kappa shape index (κ2) is 4.54. The summed E-state index contributed by atoms with van der Waals surface area (Å²) < 4.78 is 11.4. The van der Waals surface area contributed by atoms with Gasteiger partial charge in [-0.2, -0.15) is 0 Å². The van der Waals surface area contributed by atoms with Gasteiger partial charge >= 0.3 is 5.97 Å². The highest BCUT2D eigenvalue weighted by atomic mass is 79.9. The highest BCUT2D eigenvalue weighted by Gasteiger charge is 2.28. The first-order chi connectivity index (χ1) is 8.02. The van der Waals surface area contributed by atoms with Crippen LogP contribution in [0.1, 0.15) is 17.2 Å². The van der Waals surface area contributed by atoms with Gasteiger partial charge < -0.3 is 19.7 Å². The topological polar surface area (TPSA) is 76.0 Å². The van der Waals surface area contributed by atoms with Gasteiger partial charge in [0.2, 0.25) is 0 Å². The number of aliphatic carboxylic acids is 1. The zero-order valence-electron chi connectivity index (χ0n) is 9.07. The number of hydrogen-bond acceptors (Lipinski definition) is 4. The highest BCUT2D eigenvalue weighted by Crippen LogP contribution is 2.42. The number of hydrogen-bond donors (Lipinski definition) is 2. The first kappa shape index (κ1) is 12.2. The molecule has 1 atom stereocenters. The lowest BCUT2D eigenvalue weighted by molar-refractivity contribution is -0.147. The number of aliphatic hydroxyl groups excluding tert-OH is 1. The van der Waals surface area contributed by atoms with Crippen LogP contribution in [0.5, 0.6) is 11.5 Å². The van der Waals surface area contributed by atoms with Crippen LogP contribution in [0.4, 0.5) is 0 Å². The average molecular weight is 303 g/mol. The lowest BCUT2D eigenvalue weighted by Crippen LogP contribution is -2.20. The van der Waals surface area contributed by atoms with Crippen LogP contribution in [0.2, 0.25) is 0 Å². The molecule has 1 aromatic rings. The van der Waals surface area contributed by atoms with Gasteiger partial charge in [-0.15, -0.1) is 0 Å². The monoisotopic (exact) mass is 302 g/mol. The summed E-state index contributed by atoms with van der Waals surface area (Å²) in [5.41, 5.74) is 0.866. The minimum Gasteiger partial charge on any atom is -0.486 e. The molecule has 0 radical (unpaired) electrons. The van der Waals surface area contributed by atoms with Gasteiger partial charge in [0.1, 0.15) is 13.2 Å². The largest absolute Gasteiger partial charge is 0.486 e. The summed E-state index contributed by atoms with van der Waals surface area (Å²) >= 11 is 3.30. The van der Waals surface area contributed by atoms with Crippen molar-refractivity contribution in [2.24, 2.45) is 0 Å². The fourth-order valence-corrected chi connectivity index (χ4v) is 2.15. The average Bonchev–Trinajstić information content (AvgIpc) is 2.30. The SMILES string of the molecule is Cc1c(Br)cc2c(c1C(O)C(=O)O)OCCO2. The minimum absolute atomic E-state index is 0.238. The summed E-state index contributed by atoms with van der Waals surface area (Å²) in [5.74, 6) is -0.557. The standard InChI is InChI=1S/C11H11BrO5/c1-5-6(12)4-7-10(17-3-2-16-7)8(5)9(13)11(14)15/h4,9,13H,2-3H2,1H3,(H,14,15). The van der Waals surface area contributed by atoms with Gasteiger partial charge in [-0.1, -0.05) is 15.9 Å². The fraction of sp³-hybridized carbons (Fsp3) is 0.364. The molecule has 0 fully saturated rings. The smallest absolute Gasteiger partial charge is 0.337 e. The highest BCUT2D eigenvalue weighted by molar-refractivity contribution is 9.10. The van der Waals surface area contributed by atoms with E-state index in [1.165, 1.54) is 0 Å². The third-order valence-electron chi connectivity index (χ3n) is 2.58. The summed E-state index contributed by atoms with van der Waals surface area (Å²) in [6, 6.07) is 1.71. The van der Waals surface area contributed by atoms with Crippen molar-refractivity contribution in [3.63, 3.8) is 0 Å². The van der Waals surface area contributed by atoms with Crippen LogP contribution in [0.3, 0.4) is 0 Å². The maximum atomic E-state index is 10.9. The Morgan fingerprint density at radius 3 is 2.76 bits per heavy atom. The minimum atomic E-state index is -1.62. The number of rotatable bonds is 2. The van der Waals surface area contributed by atoms with Crippen molar-refractivity contribution in [3.8, 4) is 11.5 Å². The summed E-state index contributed by atoms with van der Waals surface area (Å²) in [6.07, 6.45) is -1.62. The first-order valence-electron chi connectivity index (χ1n) is 5.02. The van der Waals surface area contributed by atoms with Crippen LogP contribution >= 0.6 is 15.9 Å². The molecule has 0 saturated carbocycles. The van der Waals surface area contributed by atoms with Gasteiger partial charge in [-0.3, -0.25) is 0 Å². The van der Waals surface area contributed by atoms with Gasteiger partial charge in [0.05, 0.1) is 0 Å². The van der Waals surface area contributed by atoms with Crippen molar-refractivity contribution in [3.05, 3.63) is 21.7 Å². The molecule has 5 nitrogen and oxygen atoms in total. The zero-order valence-corrected chi connectivity index (χ0v) is 10.7. The Kier molecular flexibility index (Phi) is 3.26. The summed E-state index contributed by atoms with van der Waals surface area (Å²) in [7, 11) is 0. The van der Waals surface area contributed by atoms with Crippen molar-refractivity contribution in [2.45, 2.75) is 13.0 Å². The molecule has 92 valence electrons. The maximum Gasteiger partial charge on any atom is 0.337 e. The first-order valence-corrected chi connectivity index (χ1v) is 5.81. The van der Waals surface area contributed by atoms with E-state index in [0.717, 1.165) is 0 Å². The molecule has 2 N–H and O–H groups in total. The molecule has 1 heterocycles. The van der Waals surface area contributed by atoms with Crippen LogP contribution in [0.15, 0.2) is 10.5 Å². The number of benzene rings is 1. The quantitative estimate of drug-likeness (QED) is 0.869. The number of carboxylic acids is 1.